The number of carbonyl (C=O) groups is 2. The molecule has 0 radical (unpaired) electrons. The molecule has 0 unspecified atom stereocenters. The Bertz CT molecular complexity index is 955. The third-order valence-corrected chi connectivity index (χ3v) is 5.46. The second kappa shape index (κ2) is 8.00. The lowest BCUT2D eigenvalue weighted by Crippen LogP contribution is -2.29. The van der Waals surface area contributed by atoms with Crippen LogP contribution in [0.15, 0.2) is 18.2 Å². The quantitative estimate of drug-likeness (QED) is 0.646. The van der Waals surface area contributed by atoms with E-state index in [2.05, 4.69) is 29.5 Å². The van der Waals surface area contributed by atoms with Crippen molar-refractivity contribution in [1.82, 2.24) is 10.3 Å². The minimum Gasteiger partial charge on any atom is -0.358 e. The van der Waals surface area contributed by atoms with Gasteiger partial charge in [-0.1, -0.05) is 26.7 Å². The van der Waals surface area contributed by atoms with E-state index in [9.17, 15) is 14.0 Å². The Balaban J connectivity index is 1.91. The molecule has 1 aromatic heterocycles. The number of rotatable bonds is 6. The molecule has 1 aromatic carbocycles. The van der Waals surface area contributed by atoms with E-state index in [1.54, 1.807) is 12.1 Å². The molecule has 0 saturated heterocycles. The van der Waals surface area contributed by atoms with Crippen molar-refractivity contribution in [1.29, 1.82) is 0 Å². The fourth-order valence-corrected chi connectivity index (χ4v) is 3.61. The van der Waals surface area contributed by atoms with Crippen molar-refractivity contribution in [3.63, 3.8) is 0 Å². The molecule has 148 valence electrons. The van der Waals surface area contributed by atoms with Crippen molar-refractivity contribution in [2.45, 2.75) is 40.5 Å². The molecule has 6 heteroatoms. The van der Waals surface area contributed by atoms with Gasteiger partial charge in [-0.15, -0.1) is 0 Å². The SMILES string of the molecule is CCC(CC)CNC(=O)c1c(C)[nH]c(C=C2C(=O)Nc3ccc(F)cc32)c1C. The monoisotopic (exact) mass is 383 g/mol. The molecule has 3 N–H and O–H groups in total. The molecule has 0 saturated carbocycles. The average molecular weight is 383 g/mol. The molecule has 2 amide bonds. The van der Waals surface area contributed by atoms with Crippen molar-refractivity contribution < 1.29 is 14.0 Å². The molecule has 28 heavy (non-hydrogen) atoms. The number of aryl methyl sites for hydroxylation is 1. The van der Waals surface area contributed by atoms with Gasteiger partial charge in [-0.2, -0.15) is 0 Å². The molecular weight excluding hydrogens is 357 g/mol. The number of amides is 2. The first-order valence-electron chi connectivity index (χ1n) is 9.66. The van der Waals surface area contributed by atoms with E-state index in [1.807, 2.05) is 13.8 Å². The van der Waals surface area contributed by atoms with E-state index in [-0.39, 0.29) is 11.8 Å². The number of anilines is 1. The van der Waals surface area contributed by atoms with Crippen molar-refractivity contribution in [2.75, 3.05) is 11.9 Å². The summed E-state index contributed by atoms with van der Waals surface area (Å²) in [6.07, 6.45) is 3.72. The highest BCUT2D eigenvalue weighted by molar-refractivity contribution is 6.34. The summed E-state index contributed by atoms with van der Waals surface area (Å²) in [7, 11) is 0. The number of H-pyrrole nitrogens is 1. The van der Waals surface area contributed by atoms with E-state index in [4.69, 9.17) is 0 Å². The zero-order valence-electron chi connectivity index (χ0n) is 16.7. The van der Waals surface area contributed by atoms with Crippen LogP contribution in [0.5, 0.6) is 0 Å². The number of nitrogens with one attached hydrogen (secondary N) is 3. The first kappa shape index (κ1) is 19.9. The number of halogens is 1. The Hall–Kier alpha value is -2.89. The predicted molar refractivity (Wildman–Crippen MR) is 110 cm³/mol. The molecule has 1 aliphatic rings. The molecule has 0 spiro atoms. The zero-order chi connectivity index (χ0) is 20.4. The van der Waals surface area contributed by atoms with Crippen LogP contribution in [0.25, 0.3) is 11.6 Å². The van der Waals surface area contributed by atoms with E-state index in [1.165, 1.54) is 12.1 Å². The molecule has 0 bridgehead atoms. The number of aromatic amines is 1. The van der Waals surface area contributed by atoms with Crippen LogP contribution in [0.2, 0.25) is 0 Å². The lowest BCUT2D eigenvalue weighted by atomic mass is 10.0. The smallest absolute Gasteiger partial charge is 0.256 e. The van der Waals surface area contributed by atoms with Crippen LogP contribution in [0.4, 0.5) is 10.1 Å². The van der Waals surface area contributed by atoms with Gasteiger partial charge in [0, 0.05) is 29.2 Å². The average Bonchev–Trinajstić information content (AvgIpc) is 3.12. The summed E-state index contributed by atoms with van der Waals surface area (Å²) < 4.78 is 13.6. The number of fused-ring (bicyclic) bond motifs is 1. The fourth-order valence-electron chi connectivity index (χ4n) is 3.61. The van der Waals surface area contributed by atoms with Gasteiger partial charge in [0.2, 0.25) is 0 Å². The Labute approximate surface area is 164 Å². The molecule has 0 aliphatic carbocycles. The number of aromatic nitrogens is 1. The molecule has 2 aromatic rings. The number of carbonyl (C=O) groups excluding carboxylic acids is 2. The highest BCUT2D eigenvalue weighted by Gasteiger charge is 2.26. The van der Waals surface area contributed by atoms with Gasteiger partial charge in [0.05, 0.1) is 11.1 Å². The van der Waals surface area contributed by atoms with Gasteiger partial charge in [-0.25, -0.2) is 4.39 Å². The molecule has 0 atom stereocenters. The summed E-state index contributed by atoms with van der Waals surface area (Å²) in [6, 6.07) is 4.20. The standard InChI is InChI=1S/C22H26FN3O2/c1-5-14(6-2)11-24-22(28)20-12(3)19(25-13(20)4)10-17-16-9-15(23)7-8-18(16)26-21(17)27/h7-10,14,25H,5-6,11H2,1-4H3,(H,24,28)(H,26,27). The van der Waals surface area contributed by atoms with Crippen LogP contribution in [-0.4, -0.2) is 23.3 Å². The normalized spacial score (nSPS) is 14.5. The maximum absolute atomic E-state index is 13.6. The minimum absolute atomic E-state index is 0.120. The Morgan fingerprint density at radius 3 is 2.64 bits per heavy atom. The van der Waals surface area contributed by atoms with Crippen LogP contribution >= 0.6 is 0 Å². The summed E-state index contributed by atoms with van der Waals surface area (Å²) in [5.74, 6) is -0.349. The third kappa shape index (κ3) is 3.72. The Kier molecular flexibility index (Phi) is 5.68. The van der Waals surface area contributed by atoms with Crippen molar-refractivity contribution in [3.05, 3.63) is 52.1 Å². The largest absolute Gasteiger partial charge is 0.358 e. The van der Waals surface area contributed by atoms with Gasteiger partial charge in [-0.05, 0) is 49.6 Å². The molecule has 0 fully saturated rings. The second-order valence-corrected chi connectivity index (χ2v) is 7.26. The summed E-state index contributed by atoms with van der Waals surface area (Å²) in [5.41, 5.74) is 4.26. The highest BCUT2D eigenvalue weighted by atomic mass is 19.1. The Morgan fingerprint density at radius 1 is 1.25 bits per heavy atom. The minimum atomic E-state index is -0.401. The topological polar surface area (TPSA) is 74.0 Å². The number of hydrogen-bond donors (Lipinski definition) is 3. The first-order valence-corrected chi connectivity index (χ1v) is 9.66. The zero-order valence-corrected chi connectivity index (χ0v) is 16.7. The lowest BCUT2D eigenvalue weighted by molar-refractivity contribution is -0.110. The van der Waals surface area contributed by atoms with Gasteiger partial charge in [0.15, 0.2) is 0 Å². The van der Waals surface area contributed by atoms with E-state index < -0.39 is 5.82 Å². The maximum atomic E-state index is 13.6. The maximum Gasteiger partial charge on any atom is 0.256 e. The van der Waals surface area contributed by atoms with Crippen LogP contribution in [-0.2, 0) is 4.79 Å². The van der Waals surface area contributed by atoms with Crippen LogP contribution in [0, 0.1) is 25.6 Å². The van der Waals surface area contributed by atoms with E-state index >= 15 is 0 Å². The molecule has 1 aliphatic heterocycles. The highest BCUT2D eigenvalue weighted by Crippen LogP contribution is 2.34. The van der Waals surface area contributed by atoms with Crippen molar-refractivity contribution in [2.24, 2.45) is 5.92 Å². The molecular formula is C22H26FN3O2. The van der Waals surface area contributed by atoms with Crippen LogP contribution in [0.3, 0.4) is 0 Å². The van der Waals surface area contributed by atoms with Gasteiger partial charge >= 0.3 is 0 Å². The number of hydrogen-bond acceptors (Lipinski definition) is 2. The van der Waals surface area contributed by atoms with Gasteiger partial charge < -0.3 is 15.6 Å². The predicted octanol–water partition coefficient (Wildman–Crippen LogP) is 4.43. The van der Waals surface area contributed by atoms with Gasteiger partial charge in [-0.3, -0.25) is 9.59 Å². The summed E-state index contributed by atoms with van der Waals surface area (Å²) in [5, 5.41) is 5.75. The molecule has 2 heterocycles. The van der Waals surface area contributed by atoms with Crippen molar-refractivity contribution in [3.8, 4) is 0 Å². The Morgan fingerprint density at radius 2 is 1.96 bits per heavy atom. The van der Waals surface area contributed by atoms with Crippen LogP contribution < -0.4 is 10.6 Å². The summed E-state index contributed by atoms with van der Waals surface area (Å²) in [6.45, 7) is 8.56. The van der Waals surface area contributed by atoms with Crippen molar-refractivity contribution >= 4 is 29.2 Å². The van der Waals surface area contributed by atoms with E-state index in [0.29, 0.717) is 40.5 Å². The van der Waals surface area contributed by atoms with E-state index in [0.717, 1.165) is 24.1 Å². The second-order valence-electron chi connectivity index (χ2n) is 7.26. The molecule has 5 nitrogen and oxygen atoms in total. The third-order valence-electron chi connectivity index (χ3n) is 5.46. The first-order chi connectivity index (χ1) is 13.3. The van der Waals surface area contributed by atoms with Gasteiger partial charge in [0.1, 0.15) is 5.82 Å². The lowest BCUT2D eigenvalue weighted by Gasteiger charge is -2.13. The molecule has 3 rings (SSSR count). The fraction of sp³-hybridized carbons (Fsp3) is 0.364. The summed E-state index contributed by atoms with van der Waals surface area (Å²) in [4.78, 5) is 28.2. The summed E-state index contributed by atoms with van der Waals surface area (Å²) >= 11 is 0. The van der Waals surface area contributed by atoms with Crippen LogP contribution in [0.1, 0.15) is 59.6 Å². The van der Waals surface area contributed by atoms with Gasteiger partial charge in [0.25, 0.3) is 11.8 Å². The number of benzene rings is 1.